The Hall–Kier alpha value is -1.93. The van der Waals surface area contributed by atoms with Crippen LogP contribution in [-0.4, -0.2) is 41.6 Å². The zero-order valence-corrected chi connectivity index (χ0v) is 13.8. The highest BCUT2D eigenvalue weighted by atomic mass is 32.2. The van der Waals surface area contributed by atoms with Crippen molar-refractivity contribution in [3.63, 3.8) is 0 Å². The van der Waals surface area contributed by atoms with Crippen LogP contribution in [0, 0.1) is 0 Å². The van der Waals surface area contributed by atoms with Gasteiger partial charge in [-0.25, -0.2) is 13.4 Å². The molecule has 124 valence electrons. The molecule has 1 saturated heterocycles. The van der Waals surface area contributed by atoms with E-state index in [-0.39, 0.29) is 11.9 Å². The normalized spacial score (nSPS) is 18.7. The van der Waals surface area contributed by atoms with Crippen LogP contribution in [0.5, 0.6) is 0 Å². The molecule has 7 nitrogen and oxygen atoms in total. The molecule has 1 N–H and O–H groups in total. The summed E-state index contributed by atoms with van der Waals surface area (Å²) in [6.45, 7) is 0.640. The lowest BCUT2D eigenvalue weighted by Gasteiger charge is -2.22. The highest BCUT2D eigenvalue weighted by Crippen LogP contribution is 2.21. The van der Waals surface area contributed by atoms with Gasteiger partial charge in [-0.3, -0.25) is 9.40 Å². The van der Waals surface area contributed by atoms with E-state index in [0.29, 0.717) is 18.1 Å². The maximum Gasteiger partial charge on any atom is 0.235 e. The first-order valence-corrected chi connectivity index (χ1v) is 9.25. The molecule has 23 heavy (non-hydrogen) atoms. The van der Waals surface area contributed by atoms with Gasteiger partial charge >= 0.3 is 0 Å². The van der Waals surface area contributed by atoms with Crippen LogP contribution in [0.1, 0.15) is 19.3 Å². The average molecular weight is 336 g/mol. The van der Waals surface area contributed by atoms with E-state index in [0.717, 1.165) is 24.8 Å². The molecule has 1 fully saturated rings. The van der Waals surface area contributed by atoms with E-state index in [4.69, 9.17) is 4.74 Å². The molecule has 0 amide bonds. The predicted octanol–water partition coefficient (Wildman–Crippen LogP) is 1.79. The second-order valence-corrected chi connectivity index (χ2v) is 7.46. The van der Waals surface area contributed by atoms with Gasteiger partial charge < -0.3 is 4.74 Å². The van der Waals surface area contributed by atoms with Crippen LogP contribution in [0.25, 0.3) is 11.4 Å². The summed E-state index contributed by atoms with van der Waals surface area (Å²) in [5.74, 6) is 0.545. The number of aromatic nitrogens is 3. The third-order valence-electron chi connectivity index (χ3n) is 3.67. The summed E-state index contributed by atoms with van der Waals surface area (Å²) in [4.78, 5) is 4.17. The Morgan fingerprint density at radius 1 is 1.39 bits per heavy atom. The maximum atomic E-state index is 12.3. The number of hydrogen-bond acceptors (Lipinski definition) is 5. The lowest BCUT2D eigenvalue weighted by atomic mass is 10.1. The number of anilines is 1. The van der Waals surface area contributed by atoms with Crippen molar-refractivity contribution in [2.24, 2.45) is 7.05 Å². The Balaban J connectivity index is 1.71. The lowest BCUT2D eigenvalue weighted by Crippen LogP contribution is -2.30. The summed E-state index contributed by atoms with van der Waals surface area (Å²) >= 11 is 0. The van der Waals surface area contributed by atoms with Crippen molar-refractivity contribution < 1.29 is 13.2 Å². The van der Waals surface area contributed by atoms with E-state index in [1.165, 1.54) is 0 Å². The van der Waals surface area contributed by atoms with Crippen molar-refractivity contribution in [3.8, 4) is 11.4 Å². The Labute approximate surface area is 135 Å². The molecular weight excluding hydrogens is 316 g/mol. The summed E-state index contributed by atoms with van der Waals surface area (Å²) in [7, 11) is -1.66. The van der Waals surface area contributed by atoms with Gasteiger partial charge in [0.05, 0.1) is 11.9 Å². The Morgan fingerprint density at radius 2 is 2.26 bits per heavy atom. The molecule has 1 aromatic heterocycles. The molecule has 1 atom stereocenters. The molecule has 0 saturated carbocycles. The van der Waals surface area contributed by atoms with E-state index >= 15 is 0 Å². The molecule has 8 heteroatoms. The molecule has 1 aromatic carbocycles. The molecule has 2 aromatic rings. The number of rotatable bonds is 5. The Morgan fingerprint density at radius 3 is 2.96 bits per heavy atom. The molecule has 2 heterocycles. The van der Waals surface area contributed by atoms with Crippen LogP contribution >= 0.6 is 0 Å². The van der Waals surface area contributed by atoms with Crippen LogP contribution in [0.4, 0.5) is 5.69 Å². The van der Waals surface area contributed by atoms with Crippen molar-refractivity contribution in [3.05, 3.63) is 30.6 Å². The van der Waals surface area contributed by atoms with Gasteiger partial charge in [-0.2, -0.15) is 5.10 Å². The SMILES string of the molecule is Cn1cnc(-c2cccc(NS(=O)(=O)C[C@H]3CCCCO3)c2)n1. The van der Waals surface area contributed by atoms with E-state index < -0.39 is 10.0 Å². The van der Waals surface area contributed by atoms with Gasteiger partial charge in [-0.05, 0) is 31.4 Å². The highest BCUT2D eigenvalue weighted by molar-refractivity contribution is 7.92. The highest BCUT2D eigenvalue weighted by Gasteiger charge is 2.22. The summed E-state index contributed by atoms with van der Waals surface area (Å²) in [5, 5.41) is 4.22. The van der Waals surface area contributed by atoms with Gasteiger partial charge in [0, 0.05) is 24.9 Å². The summed E-state index contributed by atoms with van der Waals surface area (Å²) < 4.78 is 34.3. The van der Waals surface area contributed by atoms with Gasteiger partial charge in [0.2, 0.25) is 10.0 Å². The minimum atomic E-state index is -3.45. The molecule has 0 bridgehead atoms. The monoisotopic (exact) mass is 336 g/mol. The molecule has 0 aliphatic carbocycles. The molecule has 1 aliphatic heterocycles. The van der Waals surface area contributed by atoms with Crippen molar-refractivity contribution in [2.45, 2.75) is 25.4 Å². The first-order chi connectivity index (χ1) is 11.0. The number of aryl methyl sites for hydroxylation is 1. The fourth-order valence-electron chi connectivity index (χ4n) is 2.60. The second-order valence-electron chi connectivity index (χ2n) is 5.69. The fraction of sp³-hybridized carbons (Fsp3) is 0.467. The summed E-state index contributed by atoms with van der Waals surface area (Å²) in [6.07, 6.45) is 4.19. The van der Waals surface area contributed by atoms with Crippen molar-refractivity contribution >= 4 is 15.7 Å². The quantitative estimate of drug-likeness (QED) is 0.899. The second kappa shape index (κ2) is 6.67. The molecule has 1 aliphatic rings. The van der Waals surface area contributed by atoms with Crippen molar-refractivity contribution in [1.82, 2.24) is 14.8 Å². The number of hydrogen-bond donors (Lipinski definition) is 1. The van der Waals surface area contributed by atoms with Crippen LogP contribution in [-0.2, 0) is 21.8 Å². The molecule has 0 spiro atoms. The van der Waals surface area contributed by atoms with Crippen molar-refractivity contribution in [2.75, 3.05) is 17.1 Å². The smallest absolute Gasteiger partial charge is 0.235 e. The van der Waals surface area contributed by atoms with E-state index in [1.807, 2.05) is 6.07 Å². The van der Waals surface area contributed by atoms with Crippen LogP contribution in [0.3, 0.4) is 0 Å². The number of benzene rings is 1. The van der Waals surface area contributed by atoms with Crippen LogP contribution in [0.15, 0.2) is 30.6 Å². The van der Waals surface area contributed by atoms with E-state index in [9.17, 15) is 8.42 Å². The molecular formula is C15H20N4O3S. The van der Waals surface area contributed by atoms with Gasteiger partial charge in [0.25, 0.3) is 0 Å². The Bertz CT molecular complexity index is 767. The minimum absolute atomic E-state index is 0.0148. The van der Waals surface area contributed by atoms with Crippen LogP contribution in [0.2, 0.25) is 0 Å². The van der Waals surface area contributed by atoms with Gasteiger partial charge in [-0.1, -0.05) is 12.1 Å². The number of sulfonamides is 1. The van der Waals surface area contributed by atoms with Gasteiger partial charge in [0.1, 0.15) is 6.33 Å². The third kappa shape index (κ3) is 4.29. The van der Waals surface area contributed by atoms with Gasteiger partial charge in [0.15, 0.2) is 5.82 Å². The van der Waals surface area contributed by atoms with Crippen LogP contribution < -0.4 is 4.72 Å². The predicted molar refractivity (Wildman–Crippen MR) is 87.4 cm³/mol. The van der Waals surface area contributed by atoms with E-state index in [1.54, 1.807) is 36.3 Å². The number of nitrogens with one attached hydrogen (secondary N) is 1. The molecule has 0 unspecified atom stereocenters. The number of ether oxygens (including phenoxy) is 1. The standard InChI is InChI=1S/C15H20N4O3S/c1-19-11-16-15(17-19)12-5-4-6-13(9-12)18-23(20,21)10-14-7-2-3-8-22-14/h4-6,9,11,14,18H,2-3,7-8,10H2,1H3/t14-/m1/s1. The van der Waals surface area contributed by atoms with Gasteiger partial charge in [-0.15, -0.1) is 0 Å². The lowest BCUT2D eigenvalue weighted by molar-refractivity contribution is 0.0306. The first kappa shape index (κ1) is 15.9. The number of nitrogens with zero attached hydrogens (tertiary/aromatic N) is 3. The topological polar surface area (TPSA) is 86.1 Å². The zero-order valence-electron chi connectivity index (χ0n) is 13.0. The fourth-order valence-corrected chi connectivity index (χ4v) is 3.92. The molecule has 0 radical (unpaired) electrons. The minimum Gasteiger partial charge on any atom is -0.377 e. The zero-order chi connectivity index (χ0) is 16.3. The largest absolute Gasteiger partial charge is 0.377 e. The maximum absolute atomic E-state index is 12.3. The summed E-state index contributed by atoms with van der Waals surface area (Å²) in [6, 6.07) is 7.07. The Kier molecular flexibility index (Phi) is 4.63. The molecule has 3 rings (SSSR count). The van der Waals surface area contributed by atoms with E-state index in [2.05, 4.69) is 14.8 Å². The third-order valence-corrected chi connectivity index (χ3v) is 5.03. The average Bonchev–Trinajstić information content (AvgIpc) is 2.94. The summed E-state index contributed by atoms with van der Waals surface area (Å²) in [5.41, 5.74) is 1.27. The first-order valence-electron chi connectivity index (χ1n) is 7.60. The van der Waals surface area contributed by atoms with Crippen molar-refractivity contribution in [1.29, 1.82) is 0 Å².